The van der Waals surface area contributed by atoms with Crippen LogP contribution in [-0.2, 0) is 23.0 Å². The van der Waals surface area contributed by atoms with E-state index in [9.17, 15) is 8.42 Å². The highest BCUT2D eigenvalue weighted by molar-refractivity contribution is 7.89. The van der Waals surface area contributed by atoms with Crippen molar-refractivity contribution in [1.29, 1.82) is 0 Å². The van der Waals surface area contributed by atoms with Crippen LogP contribution in [0.1, 0.15) is 19.0 Å². The SMILES string of the molecule is CC1CN(C)CCCN1S(=O)(=O)c1cc(CCl)n(C)c1. The summed E-state index contributed by atoms with van der Waals surface area (Å²) in [5, 5.41) is 0. The topological polar surface area (TPSA) is 45.6 Å². The van der Waals surface area contributed by atoms with E-state index in [2.05, 4.69) is 4.90 Å². The molecule has 1 aliphatic rings. The van der Waals surface area contributed by atoms with E-state index in [1.54, 1.807) is 21.1 Å². The van der Waals surface area contributed by atoms with Crippen LogP contribution < -0.4 is 0 Å². The summed E-state index contributed by atoms with van der Waals surface area (Å²) in [7, 11) is 0.402. The molecular formula is C13H22ClN3O2S. The zero-order valence-electron chi connectivity index (χ0n) is 12.2. The average Bonchev–Trinajstić information content (AvgIpc) is 2.66. The van der Waals surface area contributed by atoms with Crippen molar-refractivity contribution in [2.75, 3.05) is 26.7 Å². The van der Waals surface area contributed by atoms with Gasteiger partial charge in [0.2, 0.25) is 10.0 Å². The Morgan fingerprint density at radius 3 is 2.65 bits per heavy atom. The number of likely N-dealkylation sites (N-methyl/N-ethyl adjacent to an activating group) is 1. The molecule has 1 aliphatic heterocycles. The normalized spacial score (nSPS) is 22.9. The van der Waals surface area contributed by atoms with Crippen LogP contribution in [0.4, 0.5) is 0 Å². The summed E-state index contributed by atoms with van der Waals surface area (Å²) >= 11 is 5.82. The molecule has 0 spiro atoms. The summed E-state index contributed by atoms with van der Waals surface area (Å²) in [6.45, 7) is 4.22. The second-order valence-corrected chi connectivity index (χ2v) is 7.65. The highest BCUT2D eigenvalue weighted by Crippen LogP contribution is 2.23. The number of alkyl halides is 1. The van der Waals surface area contributed by atoms with Gasteiger partial charge >= 0.3 is 0 Å². The van der Waals surface area contributed by atoms with E-state index in [-0.39, 0.29) is 6.04 Å². The van der Waals surface area contributed by atoms with Crippen LogP contribution in [0.5, 0.6) is 0 Å². The number of nitrogens with zero attached hydrogens (tertiary/aromatic N) is 3. The third kappa shape index (κ3) is 3.03. The second-order valence-electron chi connectivity index (χ2n) is 5.49. The van der Waals surface area contributed by atoms with E-state index >= 15 is 0 Å². The van der Waals surface area contributed by atoms with Gasteiger partial charge in [0.05, 0.1) is 5.88 Å². The highest BCUT2D eigenvalue weighted by Gasteiger charge is 2.32. The lowest BCUT2D eigenvalue weighted by Crippen LogP contribution is -2.41. The van der Waals surface area contributed by atoms with Gasteiger partial charge in [-0.25, -0.2) is 8.42 Å². The van der Waals surface area contributed by atoms with Gasteiger partial charge in [-0.1, -0.05) is 0 Å². The monoisotopic (exact) mass is 319 g/mol. The fourth-order valence-electron chi connectivity index (χ4n) is 2.69. The third-order valence-electron chi connectivity index (χ3n) is 3.81. The molecular weight excluding hydrogens is 298 g/mol. The molecule has 0 N–H and O–H groups in total. The minimum Gasteiger partial charge on any atom is -0.352 e. The molecule has 0 aromatic carbocycles. The van der Waals surface area contributed by atoms with Gasteiger partial charge in [0, 0.05) is 38.1 Å². The van der Waals surface area contributed by atoms with E-state index in [0.717, 1.165) is 25.2 Å². The van der Waals surface area contributed by atoms with E-state index in [0.29, 0.717) is 17.3 Å². The zero-order chi connectivity index (χ0) is 14.9. The molecule has 1 saturated heterocycles. The number of aromatic nitrogens is 1. The van der Waals surface area contributed by atoms with Gasteiger partial charge in [0.1, 0.15) is 4.90 Å². The first-order valence-corrected chi connectivity index (χ1v) is 8.75. The van der Waals surface area contributed by atoms with Crippen molar-refractivity contribution in [3.63, 3.8) is 0 Å². The minimum absolute atomic E-state index is 0.0212. The predicted molar refractivity (Wildman–Crippen MR) is 80.4 cm³/mol. The van der Waals surface area contributed by atoms with Crippen molar-refractivity contribution in [2.45, 2.75) is 30.2 Å². The fourth-order valence-corrected chi connectivity index (χ4v) is 4.72. The summed E-state index contributed by atoms with van der Waals surface area (Å²) in [6.07, 6.45) is 2.50. The third-order valence-corrected chi connectivity index (χ3v) is 6.06. The van der Waals surface area contributed by atoms with Crippen molar-refractivity contribution < 1.29 is 8.42 Å². The van der Waals surface area contributed by atoms with E-state index in [4.69, 9.17) is 11.6 Å². The maximum Gasteiger partial charge on any atom is 0.244 e. The molecule has 114 valence electrons. The molecule has 5 nitrogen and oxygen atoms in total. The lowest BCUT2D eigenvalue weighted by atomic mass is 10.3. The van der Waals surface area contributed by atoms with Crippen LogP contribution in [0.15, 0.2) is 17.2 Å². The second kappa shape index (κ2) is 6.05. The summed E-state index contributed by atoms with van der Waals surface area (Å²) in [5.41, 5.74) is 0.810. The van der Waals surface area contributed by atoms with E-state index in [1.807, 2.05) is 21.0 Å². The Kier molecular flexibility index (Phi) is 4.79. The number of halogens is 1. The predicted octanol–water partition coefficient (Wildman–Crippen LogP) is 1.48. The van der Waals surface area contributed by atoms with Gasteiger partial charge in [-0.3, -0.25) is 0 Å². The Hall–Kier alpha value is -0.560. The summed E-state index contributed by atoms with van der Waals surface area (Å²) in [6, 6.07) is 1.65. The maximum absolute atomic E-state index is 12.8. The molecule has 1 aromatic heterocycles. The summed E-state index contributed by atoms with van der Waals surface area (Å²) in [4.78, 5) is 2.52. The summed E-state index contributed by atoms with van der Waals surface area (Å²) in [5.74, 6) is 0.310. The molecule has 0 radical (unpaired) electrons. The van der Waals surface area contributed by atoms with E-state index in [1.165, 1.54) is 0 Å². The van der Waals surface area contributed by atoms with Gasteiger partial charge in [0.15, 0.2) is 0 Å². The lowest BCUT2D eigenvalue weighted by Gasteiger charge is -2.26. The largest absolute Gasteiger partial charge is 0.352 e. The standard InChI is InChI=1S/C13H22ClN3O2S/c1-11-9-15(2)5-4-6-17(11)20(18,19)13-7-12(8-14)16(3)10-13/h7,10-11H,4-6,8-9H2,1-3H3. The fraction of sp³-hybridized carbons (Fsp3) is 0.692. The first kappa shape index (κ1) is 15.8. The smallest absolute Gasteiger partial charge is 0.244 e. The molecule has 0 amide bonds. The molecule has 0 aliphatic carbocycles. The Morgan fingerprint density at radius 1 is 1.35 bits per heavy atom. The molecule has 2 rings (SSSR count). The van der Waals surface area contributed by atoms with Crippen LogP contribution in [0.2, 0.25) is 0 Å². The van der Waals surface area contributed by atoms with Crippen molar-refractivity contribution in [3.05, 3.63) is 18.0 Å². The molecule has 1 fully saturated rings. The molecule has 0 bridgehead atoms. The Labute approximate surface area is 126 Å². The quantitative estimate of drug-likeness (QED) is 0.793. The number of rotatable bonds is 3. The molecule has 1 atom stereocenters. The summed E-state index contributed by atoms with van der Waals surface area (Å²) < 4.78 is 29.0. The Balaban J connectivity index is 2.33. The van der Waals surface area contributed by atoms with Crippen LogP contribution in [0, 0.1) is 0 Å². The molecule has 7 heteroatoms. The number of sulfonamides is 1. The maximum atomic E-state index is 12.8. The number of hydrogen-bond acceptors (Lipinski definition) is 3. The lowest BCUT2D eigenvalue weighted by molar-refractivity contribution is 0.290. The molecule has 20 heavy (non-hydrogen) atoms. The van der Waals surface area contributed by atoms with Crippen LogP contribution >= 0.6 is 11.6 Å². The van der Waals surface area contributed by atoms with Crippen LogP contribution in [-0.4, -0.2) is 54.9 Å². The van der Waals surface area contributed by atoms with Gasteiger partial charge in [-0.15, -0.1) is 11.6 Å². The highest BCUT2D eigenvalue weighted by atomic mass is 35.5. The van der Waals surface area contributed by atoms with Crippen molar-refractivity contribution in [3.8, 4) is 0 Å². The first-order valence-electron chi connectivity index (χ1n) is 6.78. The van der Waals surface area contributed by atoms with Crippen molar-refractivity contribution >= 4 is 21.6 Å². The Morgan fingerprint density at radius 2 is 2.05 bits per heavy atom. The van der Waals surface area contributed by atoms with Gasteiger partial charge in [-0.2, -0.15) is 4.31 Å². The first-order chi connectivity index (χ1) is 9.36. The molecule has 1 unspecified atom stereocenters. The van der Waals surface area contributed by atoms with E-state index < -0.39 is 10.0 Å². The number of aryl methyl sites for hydroxylation is 1. The average molecular weight is 320 g/mol. The van der Waals surface area contributed by atoms with Crippen molar-refractivity contribution in [1.82, 2.24) is 13.8 Å². The Bertz CT molecular complexity index is 570. The van der Waals surface area contributed by atoms with Gasteiger partial charge < -0.3 is 9.47 Å². The van der Waals surface area contributed by atoms with Gasteiger partial charge in [0.25, 0.3) is 0 Å². The van der Waals surface area contributed by atoms with Crippen molar-refractivity contribution in [2.24, 2.45) is 7.05 Å². The molecule has 1 aromatic rings. The number of hydrogen-bond donors (Lipinski definition) is 0. The molecule has 0 saturated carbocycles. The minimum atomic E-state index is -3.44. The van der Waals surface area contributed by atoms with Crippen LogP contribution in [0.3, 0.4) is 0 Å². The molecule has 2 heterocycles. The van der Waals surface area contributed by atoms with Crippen LogP contribution in [0.25, 0.3) is 0 Å². The zero-order valence-corrected chi connectivity index (χ0v) is 13.8. The van der Waals surface area contributed by atoms with Gasteiger partial charge in [-0.05, 0) is 33.0 Å².